The summed E-state index contributed by atoms with van der Waals surface area (Å²) >= 11 is 1.67. The predicted octanol–water partition coefficient (Wildman–Crippen LogP) is 1.77. The fraction of sp³-hybridized carbons (Fsp3) is 0.348. The lowest BCUT2D eigenvalue weighted by Gasteiger charge is -2.33. The lowest BCUT2D eigenvalue weighted by Crippen LogP contribution is -2.55. The third-order valence-corrected chi connectivity index (χ3v) is 7.58. The summed E-state index contributed by atoms with van der Waals surface area (Å²) in [4.78, 5) is 24.1. The first-order valence-corrected chi connectivity index (χ1v) is 11.4. The maximum absolute atomic E-state index is 13.6. The molecule has 0 radical (unpaired) electrons. The highest BCUT2D eigenvalue weighted by molar-refractivity contribution is 7.08. The molecule has 166 valence electrons. The van der Waals surface area contributed by atoms with Gasteiger partial charge in [0.15, 0.2) is 0 Å². The molecule has 2 aromatic rings. The van der Waals surface area contributed by atoms with Gasteiger partial charge in [-0.25, -0.2) is 0 Å². The number of likely N-dealkylation sites (tertiary alicyclic amines) is 1. The maximum Gasteiger partial charge on any atom is 0.290 e. The summed E-state index contributed by atoms with van der Waals surface area (Å²) in [7, 11) is 2.06. The highest BCUT2D eigenvalue weighted by Gasteiger charge is 2.50. The number of carbonyl (C=O) groups excluding carboxylic acids is 1. The number of allylic oxidation sites excluding steroid dienone is 2. The molecule has 8 nitrogen and oxygen atoms in total. The second-order valence-electron chi connectivity index (χ2n) is 8.40. The highest BCUT2D eigenvalue weighted by atomic mass is 32.1. The number of piperazine rings is 1. The third kappa shape index (κ3) is 3.16. The number of carboxylic acid groups (broad SMARTS) is 1. The van der Waals surface area contributed by atoms with Crippen molar-refractivity contribution < 1.29 is 19.1 Å². The van der Waals surface area contributed by atoms with Crippen LogP contribution >= 0.6 is 11.3 Å². The average Bonchev–Trinajstić information content (AvgIpc) is 3.61. The molecule has 9 heteroatoms. The Morgan fingerprint density at radius 1 is 1.41 bits per heavy atom. The number of hydrazone groups is 1. The monoisotopic (exact) mass is 452 g/mol. The zero-order valence-electron chi connectivity index (χ0n) is 17.5. The van der Waals surface area contributed by atoms with Gasteiger partial charge in [0.1, 0.15) is 5.71 Å². The van der Waals surface area contributed by atoms with Gasteiger partial charge < -0.3 is 14.8 Å². The van der Waals surface area contributed by atoms with E-state index in [1.807, 2.05) is 6.07 Å². The normalized spacial score (nSPS) is 32.4. The smallest absolute Gasteiger partial charge is 0.290 e. The second kappa shape index (κ2) is 8.16. The molecule has 0 spiro atoms. The van der Waals surface area contributed by atoms with Crippen LogP contribution < -0.4 is 10.7 Å². The molecule has 3 aliphatic heterocycles. The number of hydrogen-bond donors (Lipinski definition) is 3. The summed E-state index contributed by atoms with van der Waals surface area (Å²) in [6.07, 6.45) is 11.0. The minimum Gasteiger partial charge on any atom is -0.483 e. The Morgan fingerprint density at radius 2 is 2.25 bits per heavy atom. The minimum atomic E-state index is -0.454. The minimum absolute atomic E-state index is 0.0653. The molecule has 2 bridgehead atoms. The Hall–Kier alpha value is -3.01. The number of carbonyl (C=O) groups is 2. The van der Waals surface area contributed by atoms with Gasteiger partial charge >= 0.3 is 0 Å². The fourth-order valence-electron chi connectivity index (χ4n) is 5.30. The van der Waals surface area contributed by atoms with E-state index in [1.165, 1.54) is 5.56 Å². The lowest BCUT2D eigenvalue weighted by molar-refractivity contribution is -0.123. The van der Waals surface area contributed by atoms with Gasteiger partial charge in [0, 0.05) is 29.8 Å². The van der Waals surface area contributed by atoms with Crippen molar-refractivity contribution in [1.29, 1.82) is 0 Å². The zero-order chi connectivity index (χ0) is 22.3. The van der Waals surface area contributed by atoms with Gasteiger partial charge in [0.2, 0.25) is 5.78 Å². The Bertz CT molecular complexity index is 1050. The summed E-state index contributed by atoms with van der Waals surface area (Å²) in [5.41, 5.74) is 6.44. The number of nitrogens with one attached hydrogen (secondary N) is 2. The van der Waals surface area contributed by atoms with E-state index in [-0.39, 0.29) is 30.4 Å². The van der Waals surface area contributed by atoms with Crippen LogP contribution in [-0.2, 0) is 15.0 Å². The van der Waals surface area contributed by atoms with Crippen LogP contribution in [0.5, 0.6) is 0 Å². The van der Waals surface area contributed by atoms with E-state index in [0.717, 1.165) is 24.1 Å². The number of thiophene rings is 1. The number of hydrogen-bond acceptors (Lipinski definition) is 8. The van der Waals surface area contributed by atoms with Crippen molar-refractivity contribution >= 4 is 29.3 Å². The van der Waals surface area contributed by atoms with Crippen LogP contribution in [0.1, 0.15) is 17.5 Å². The fourth-order valence-corrected chi connectivity index (χ4v) is 6.03. The molecule has 0 amide bonds. The molecule has 2 saturated heterocycles. The molecular weight excluding hydrogens is 428 g/mol. The van der Waals surface area contributed by atoms with Gasteiger partial charge in [-0.1, -0.05) is 18.2 Å². The molecule has 0 aromatic carbocycles. The number of rotatable bonds is 4. The van der Waals surface area contributed by atoms with Gasteiger partial charge in [0.05, 0.1) is 30.0 Å². The Morgan fingerprint density at radius 3 is 2.91 bits per heavy atom. The number of ketones is 1. The van der Waals surface area contributed by atoms with Gasteiger partial charge in [-0.15, -0.1) is 0 Å². The van der Waals surface area contributed by atoms with Crippen LogP contribution in [0.2, 0.25) is 0 Å². The number of nitrogens with zero attached hydrogens (tertiary/aromatic N) is 2. The zero-order valence-corrected chi connectivity index (χ0v) is 18.3. The van der Waals surface area contributed by atoms with Crippen LogP contribution in [0.3, 0.4) is 0 Å². The Kier molecular flexibility index (Phi) is 5.32. The third-order valence-electron chi connectivity index (χ3n) is 6.90. The van der Waals surface area contributed by atoms with Crippen molar-refractivity contribution in [3.8, 4) is 0 Å². The summed E-state index contributed by atoms with van der Waals surface area (Å²) in [5.74, 6) is 0.107. The largest absolute Gasteiger partial charge is 0.483 e. The van der Waals surface area contributed by atoms with E-state index in [0.29, 0.717) is 11.8 Å². The summed E-state index contributed by atoms with van der Waals surface area (Å²) < 4.78 is 5.42. The van der Waals surface area contributed by atoms with Crippen LogP contribution in [0, 0.1) is 0 Å². The van der Waals surface area contributed by atoms with Crippen molar-refractivity contribution in [3.05, 3.63) is 70.3 Å². The summed E-state index contributed by atoms with van der Waals surface area (Å²) in [5, 5.41) is 19.1. The van der Waals surface area contributed by atoms with E-state index in [9.17, 15) is 4.79 Å². The standard InChI is InChI=1S/C22H22N4O2S.CH2O2/c1-26-15-8-18(23-10-15)20(26)21(27)19-16-9-22(13-3-6-28-11-13,14-4-7-29-12-14)5-2-17(16)24-25-19;2-1-3/h2-7,9,11-12,15,17-18,20,23-24H,8,10H2,1H3;1H,(H,2,3)/t15-,17?,18+,20?,22?;/m1./s1. The molecule has 6 rings (SSSR count). The molecule has 0 saturated carbocycles. The quantitative estimate of drug-likeness (QED) is 0.479. The molecule has 1 aliphatic carbocycles. The van der Waals surface area contributed by atoms with E-state index < -0.39 is 5.41 Å². The molecule has 3 unspecified atom stereocenters. The first-order chi connectivity index (χ1) is 15.6. The SMILES string of the molecule is CN1C(C(=O)C2=NNC3C=CC(c4ccoc4)(c4ccsc4)C=C23)[C@@H]2C[C@@H]1CN2.O=CO. The summed E-state index contributed by atoms with van der Waals surface area (Å²) in [6, 6.07) is 4.57. The number of furan rings is 1. The Balaban J connectivity index is 0.000000684. The maximum atomic E-state index is 13.6. The predicted molar refractivity (Wildman–Crippen MR) is 121 cm³/mol. The van der Waals surface area contributed by atoms with E-state index in [1.54, 1.807) is 23.9 Å². The molecule has 2 fully saturated rings. The molecule has 5 atom stereocenters. The van der Waals surface area contributed by atoms with Crippen LogP contribution in [0.15, 0.2) is 68.7 Å². The van der Waals surface area contributed by atoms with Gasteiger partial charge in [-0.05, 0) is 41.9 Å². The van der Waals surface area contributed by atoms with Crippen molar-refractivity contribution in [2.75, 3.05) is 13.6 Å². The lowest BCUT2D eigenvalue weighted by atomic mass is 9.71. The molecule has 3 N–H and O–H groups in total. The Labute approximate surface area is 189 Å². The van der Waals surface area contributed by atoms with Crippen molar-refractivity contribution in [2.24, 2.45) is 5.10 Å². The second-order valence-corrected chi connectivity index (χ2v) is 9.18. The van der Waals surface area contributed by atoms with Gasteiger partial charge in [-0.2, -0.15) is 16.4 Å². The first-order valence-electron chi connectivity index (χ1n) is 10.5. The average molecular weight is 453 g/mol. The molecule has 4 aliphatic rings. The molecule has 2 aromatic heterocycles. The van der Waals surface area contributed by atoms with Crippen LogP contribution in [-0.4, -0.2) is 65.7 Å². The van der Waals surface area contributed by atoms with E-state index in [2.05, 4.69) is 62.8 Å². The van der Waals surface area contributed by atoms with Crippen molar-refractivity contribution in [1.82, 2.24) is 15.6 Å². The number of fused-ring (bicyclic) bond motifs is 3. The molecule has 32 heavy (non-hydrogen) atoms. The van der Waals surface area contributed by atoms with Gasteiger partial charge in [0.25, 0.3) is 6.47 Å². The van der Waals surface area contributed by atoms with Crippen molar-refractivity contribution in [3.63, 3.8) is 0 Å². The van der Waals surface area contributed by atoms with Crippen LogP contribution in [0.4, 0.5) is 0 Å². The summed E-state index contributed by atoms with van der Waals surface area (Å²) in [6.45, 7) is 0.714. The van der Waals surface area contributed by atoms with Crippen molar-refractivity contribution in [2.45, 2.75) is 36.0 Å². The topological polar surface area (TPSA) is 107 Å². The first kappa shape index (κ1) is 20.9. The molecular formula is C23H24N4O4S. The van der Waals surface area contributed by atoms with E-state index in [4.69, 9.17) is 14.3 Å². The van der Waals surface area contributed by atoms with Gasteiger partial charge in [-0.3, -0.25) is 19.9 Å². The van der Waals surface area contributed by atoms with Crippen LogP contribution in [0.25, 0.3) is 0 Å². The number of likely N-dealkylation sites (N-methyl/N-ethyl adjacent to an activating group) is 1. The molecule has 5 heterocycles. The number of Topliss-reactive ketones (excluding diaryl/α,β-unsaturated/α-hetero) is 1. The van der Waals surface area contributed by atoms with E-state index >= 15 is 0 Å². The highest BCUT2D eigenvalue weighted by Crippen LogP contribution is 2.42.